The van der Waals surface area contributed by atoms with Gasteiger partial charge in [-0.15, -0.1) is 0 Å². The maximum Gasteiger partial charge on any atom is 0.269 e. The number of nitro groups is 1. The molecule has 1 saturated carbocycles. The van der Waals surface area contributed by atoms with Crippen molar-refractivity contribution >= 4 is 5.69 Å². The highest BCUT2D eigenvalue weighted by molar-refractivity contribution is 5.32. The van der Waals surface area contributed by atoms with E-state index >= 15 is 0 Å². The number of nitro benzene ring substituents is 1. The minimum Gasteiger partial charge on any atom is -0.310 e. The largest absolute Gasteiger partial charge is 0.310 e. The third-order valence-electron chi connectivity index (χ3n) is 4.32. The van der Waals surface area contributed by atoms with Crippen LogP contribution in [-0.2, 0) is 6.54 Å². The molecule has 0 amide bonds. The molecule has 4 nitrogen and oxygen atoms in total. The number of nitrogens with one attached hydrogen (secondary N) is 1. The molecule has 110 valence electrons. The third-order valence-corrected chi connectivity index (χ3v) is 4.32. The Hall–Kier alpha value is -1.42. The minimum absolute atomic E-state index is 0.157. The van der Waals surface area contributed by atoms with E-state index in [4.69, 9.17) is 0 Å². The number of non-ortho nitro benzene ring substituents is 1. The van der Waals surface area contributed by atoms with E-state index in [-0.39, 0.29) is 10.6 Å². The van der Waals surface area contributed by atoms with E-state index in [0.29, 0.717) is 11.5 Å². The first kappa shape index (κ1) is 15.0. The molecule has 1 atom stereocenters. The molecule has 0 bridgehead atoms. The van der Waals surface area contributed by atoms with Gasteiger partial charge in [0.2, 0.25) is 0 Å². The van der Waals surface area contributed by atoms with Gasteiger partial charge in [0.25, 0.3) is 5.69 Å². The fourth-order valence-corrected chi connectivity index (χ4v) is 2.86. The van der Waals surface area contributed by atoms with E-state index in [1.165, 1.54) is 32.1 Å². The van der Waals surface area contributed by atoms with Crippen molar-refractivity contribution in [2.24, 2.45) is 5.41 Å². The zero-order valence-electron chi connectivity index (χ0n) is 12.4. The van der Waals surface area contributed by atoms with Crippen LogP contribution in [0.1, 0.15) is 51.5 Å². The van der Waals surface area contributed by atoms with Crippen LogP contribution in [0.3, 0.4) is 0 Å². The summed E-state index contributed by atoms with van der Waals surface area (Å²) in [4.78, 5) is 10.2. The van der Waals surface area contributed by atoms with Crippen LogP contribution in [0, 0.1) is 15.5 Å². The Labute approximate surface area is 120 Å². The van der Waals surface area contributed by atoms with Crippen molar-refractivity contribution in [3.63, 3.8) is 0 Å². The van der Waals surface area contributed by atoms with Crippen LogP contribution in [0.15, 0.2) is 24.3 Å². The van der Waals surface area contributed by atoms with Gasteiger partial charge in [0.05, 0.1) is 4.92 Å². The summed E-state index contributed by atoms with van der Waals surface area (Å²) in [6.45, 7) is 5.50. The highest BCUT2D eigenvalue weighted by Gasteiger charge is 2.23. The summed E-state index contributed by atoms with van der Waals surface area (Å²) in [5, 5.41) is 14.2. The van der Waals surface area contributed by atoms with Crippen LogP contribution in [0.25, 0.3) is 0 Å². The summed E-state index contributed by atoms with van der Waals surface area (Å²) in [5.41, 5.74) is 1.74. The van der Waals surface area contributed by atoms with Gasteiger partial charge >= 0.3 is 0 Å². The number of rotatable bonds is 4. The summed E-state index contributed by atoms with van der Waals surface area (Å²) < 4.78 is 0. The molecule has 1 N–H and O–H groups in total. The van der Waals surface area contributed by atoms with E-state index in [1.807, 2.05) is 12.1 Å². The summed E-state index contributed by atoms with van der Waals surface area (Å²) in [5.74, 6) is 0. The molecular weight excluding hydrogens is 252 g/mol. The highest BCUT2D eigenvalue weighted by atomic mass is 16.6. The second kappa shape index (κ2) is 6.35. The van der Waals surface area contributed by atoms with Crippen molar-refractivity contribution in [3.05, 3.63) is 39.9 Å². The van der Waals surface area contributed by atoms with Crippen molar-refractivity contribution in [1.29, 1.82) is 0 Å². The quantitative estimate of drug-likeness (QED) is 0.513. The average Bonchev–Trinajstić information content (AvgIpc) is 2.58. The summed E-state index contributed by atoms with van der Waals surface area (Å²) in [6.07, 6.45) is 6.31. The lowest BCUT2D eigenvalue weighted by Gasteiger charge is -2.22. The molecule has 1 aromatic rings. The highest BCUT2D eigenvalue weighted by Crippen LogP contribution is 2.33. The first-order chi connectivity index (χ1) is 9.46. The third kappa shape index (κ3) is 4.30. The van der Waals surface area contributed by atoms with Gasteiger partial charge in [-0.2, -0.15) is 0 Å². The van der Waals surface area contributed by atoms with Crippen LogP contribution < -0.4 is 5.32 Å². The van der Waals surface area contributed by atoms with Gasteiger partial charge in [0.1, 0.15) is 0 Å². The average molecular weight is 276 g/mol. The Bertz CT molecular complexity index is 454. The summed E-state index contributed by atoms with van der Waals surface area (Å²) in [7, 11) is 0. The molecule has 20 heavy (non-hydrogen) atoms. The Morgan fingerprint density at radius 1 is 1.25 bits per heavy atom. The van der Waals surface area contributed by atoms with Gasteiger partial charge in [-0.3, -0.25) is 10.1 Å². The lowest BCUT2D eigenvalue weighted by atomic mass is 9.85. The van der Waals surface area contributed by atoms with Crippen molar-refractivity contribution in [3.8, 4) is 0 Å². The monoisotopic (exact) mass is 276 g/mol. The fourth-order valence-electron chi connectivity index (χ4n) is 2.86. The van der Waals surface area contributed by atoms with Crippen molar-refractivity contribution in [2.45, 2.75) is 58.5 Å². The lowest BCUT2D eigenvalue weighted by molar-refractivity contribution is -0.384. The van der Waals surface area contributed by atoms with Crippen LogP contribution >= 0.6 is 0 Å². The predicted octanol–water partition coefficient (Wildman–Crippen LogP) is 4.04. The summed E-state index contributed by atoms with van der Waals surface area (Å²) >= 11 is 0. The molecule has 1 aliphatic carbocycles. The molecule has 4 heteroatoms. The van der Waals surface area contributed by atoms with Gasteiger partial charge in [-0.1, -0.05) is 32.4 Å². The van der Waals surface area contributed by atoms with Crippen LogP contribution in [0.2, 0.25) is 0 Å². The molecule has 2 rings (SSSR count). The second-order valence-corrected chi connectivity index (χ2v) is 6.60. The van der Waals surface area contributed by atoms with Crippen molar-refractivity contribution < 1.29 is 4.92 Å². The zero-order chi connectivity index (χ0) is 14.6. The molecule has 0 radical (unpaired) electrons. The van der Waals surface area contributed by atoms with E-state index in [0.717, 1.165) is 12.1 Å². The van der Waals surface area contributed by atoms with Gasteiger partial charge in [0.15, 0.2) is 0 Å². The Kier molecular flexibility index (Phi) is 4.76. The molecule has 0 aliphatic heterocycles. The standard InChI is InChI=1S/C16H24N2O2/c1-16(2)10-3-4-14(9-11-16)17-12-13-5-7-15(8-6-13)18(19)20/h5-8,14,17H,3-4,9-12H2,1-2H3. The maximum absolute atomic E-state index is 10.6. The molecule has 0 saturated heterocycles. The minimum atomic E-state index is -0.357. The second-order valence-electron chi connectivity index (χ2n) is 6.60. The van der Waals surface area contributed by atoms with E-state index in [1.54, 1.807) is 12.1 Å². The van der Waals surface area contributed by atoms with E-state index in [2.05, 4.69) is 19.2 Å². The molecule has 0 aromatic heterocycles. The maximum atomic E-state index is 10.6. The topological polar surface area (TPSA) is 55.2 Å². The zero-order valence-corrected chi connectivity index (χ0v) is 12.4. The number of hydrogen-bond acceptors (Lipinski definition) is 3. The molecule has 0 spiro atoms. The SMILES string of the molecule is CC1(C)CCCC(NCc2ccc([N+](=O)[O-])cc2)CC1. The van der Waals surface area contributed by atoms with E-state index < -0.39 is 0 Å². The first-order valence-corrected chi connectivity index (χ1v) is 7.43. The Morgan fingerprint density at radius 3 is 2.60 bits per heavy atom. The van der Waals surface area contributed by atoms with E-state index in [9.17, 15) is 10.1 Å². The van der Waals surface area contributed by atoms with Crippen molar-refractivity contribution in [1.82, 2.24) is 5.32 Å². The predicted molar refractivity (Wildman–Crippen MR) is 80.6 cm³/mol. The molecular formula is C16H24N2O2. The Morgan fingerprint density at radius 2 is 1.95 bits per heavy atom. The lowest BCUT2D eigenvalue weighted by Crippen LogP contribution is -2.28. The van der Waals surface area contributed by atoms with Crippen LogP contribution in [0.5, 0.6) is 0 Å². The number of benzene rings is 1. The molecule has 0 heterocycles. The first-order valence-electron chi connectivity index (χ1n) is 7.43. The molecule has 1 fully saturated rings. The van der Waals surface area contributed by atoms with Gasteiger partial charge in [-0.05, 0) is 36.7 Å². The van der Waals surface area contributed by atoms with Gasteiger partial charge < -0.3 is 5.32 Å². The van der Waals surface area contributed by atoms with Crippen molar-refractivity contribution in [2.75, 3.05) is 0 Å². The Balaban J connectivity index is 1.84. The van der Waals surface area contributed by atoms with Crippen LogP contribution in [-0.4, -0.2) is 11.0 Å². The molecule has 1 aliphatic rings. The number of nitrogens with zero attached hydrogens (tertiary/aromatic N) is 1. The molecule has 1 aromatic carbocycles. The van der Waals surface area contributed by atoms with Crippen LogP contribution in [0.4, 0.5) is 5.69 Å². The van der Waals surface area contributed by atoms with Gasteiger partial charge in [-0.25, -0.2) is 0 Å². The molecule has 1 unspecified atom stereocenters. The smallest absolute Gasteiger partial charge is 0.269 e. The normalized spacial score (nSPS) is 22.2. The van der Waals surface area contributed by atoms with Gasteiger partial charge in [0, 0.05) is 24.7 Å². The fraction of sp³-hybridized carbons (Fsp3) is 0.625. The number of hydrogen-bond donors (Lipinski definition) is 1. The summed E-state index contributed by atoms with van der Waals surface area (Å²) in [6, 6.07) is 7.41.